The number of nitrogens with zero attached hydrogens (tertiary/aromatic N) is 1. The van der Waals surface area contributed by atoms with E-state index in [0.717, 1.165) is 4.88 Å². The van der Waals surface area contributed by atoms with E-state index in [1.54, 1.807) is 36.4 Å². The van der Waals surface area contributed by atoms with Crippen molar-refractivity contribution in [3.8, 4) is 0 Å². The van der Waals surface area contributed by atoms with Crippen molar-refractivity contribution in [2.45, 2.75) is 0 Å². The summed E-state index contributed by atoms with van der Waals surface area (Å²) in [5, 5.41) is 0. The second-order valence-electron chi connectivity index (χ2n) is 1.44. The number of ether oxygens (including phenoxy) is 1. The molecular weight excluding hydrogens is 134 g/mol. The van der Waals surface area contributed by atoms with Crippen LogP contribution in [0.15, 0.2) is 18.0 Å². The van der Waals surface area contributed by atoms with Gasteiger partial charge in [0.2, 0.25) is 0 Å². The van der Waals surface area contributed by atoms with E-state index in [-0.39, 0.29) is 0 Å². The van der Waals surface area contributed by atoms with Crippen molar-refractivity contribution in [1.82, 2.24) is 4.98 Å². The van der Waals surface area contributed by atoms with Gasteiger partial charge >= 0.3 is 0 Å². The lowest BCUT2D eigenvalue weighted by atomic mass is 10.5. The first kappa shape index (κ1) is 6.29. The molecule has 1 aromatic rings. The number of hydrogen-bond donors (Lipinski definition) is 0. The highest BCUT2D eigenvalue weighted by molar-refractivity contribution is 7.10. The molecule has 0 radical (unpaired) electrons. The Morgan fingerprint density at radius 2 is 2.67 bits per heavy atom. The summed E-state index contributed by atoms with van der Waals surface area (Å²) in [6.45, 7) is 0. The molecule has 0 spiro atoms. The average Bonchev–Trinajstić information content (AvgIpc) is 2.34. The topological polar surface area (TPSA) is 22.1 Å². The van der Waals surface area contributed by atoms with Crippen LogP contribution in [0.5, 0.6) is 0 Å². The lowest BCUT2D eigenvalue weighted by molar-refractivity contribution is 0.341. The largest absolute Gasteiger partial charge is 0.504 e. The number of aromatic nitrogens is 1. The molecule has 0 atom stereocenters. The number of thiazole rings is 1. The Morgan fingerprint density at radius 1 is 1.78 bits per heavy atom. The first-order valence-electron chi connectivity index (χ1n) is 2.51. The maximum absolute atomic E-state index is 4.71. The summed E-state index contributed by atoms with van der Waals surface area (Å²) in [6.07, 6.45) is 5.30. The van der Waals surface area contributed by atoms with Gasteiger partial charge in [-0.2, -0.15) is 0 Å². The van der Waals surface area contributed by atoms with Crippen molar-refractivity contribution in [3.63, 3.8) is 0 Å². The molecule has 1 aromatic heterocycles. The molecule has 0 unspecified atom stereocenters. The van der Waals surface area contributed by atoms with Gasteiger partial charge in [-0.1, -0.05) is 0 Å². The summed E-state index contributed by atoms with van der Waals surface area (Å²) in [5.41, 5.74) is 1.79. The molecule has 0 saturated heterocycles. The average molecular weight is 141 g/mol. The van der Waals surface area contributed by atoms with Gasteiger partial charge in [0, 0.05) is 11.1 Å². The molecule has 1 rings (SSSR count). The van der Waals surface area contributed by atoms with Crippen LogP contribution >= 0.6 is 11.3 Å². The predicted octanol–water partition coefficient (Wildman–Crippen LogP) is 1.76. The molecule has 0 aliphatic rings. The van der Waals surface area contributed by atoms with Crippen molar-refractivity contribution in [1.29, 1.82) is 0 Å². The van der Waals surface area contributed by atoms with Crippen molar-refractivity contribution in [2.24, 2.45) is 0 Å². The summed E-state index contributed by atoms with van der Waals surface area (Å²) in [4.78, 5) is 4.99. The number of hydrogen-bond acceptors (Lipinski definition) is 3. The molecule has 48 valence electrons. The van der Waals surface area contributed by atoms with Gasteiger partial charge in [0.1, 0.15) is 0 Å². The third-order valence-electron chi connectivity index (χ3n) is 0.820. The molecule has 9 heavy (non-hydrogen) atoms. The Balaban J connectivity index is 2.57. The van der Waals surface area contributed by atoms with Crippen LogP contribution in [0.4, 0.5) is 0 Å². The van der Waals surface area contributed by atoms with Gasteiger partial charge in [0.05, 0.1) is 18.9 Å². The molecule has 0 fully saturated rings. The van der Waals surface area contributed by atoms with E-state index in [0.29, 0.717) is 0 Å². The first-order valence-corrected chi connectivity index (χ1v) is 3.39. The van der Waals surface area contributed by atoms with Crippen molar-refractivity contribution < 1.29 is 4.74 Å². The van der Waals surface area contributed by atoms with Gasteiger partial charge < -0.3 is 4.74 Å². The normalized spacial score (nSPS) is 10.3. The summed E-state index contributed by atoms with van der Waals surface area (Å²) in [6, 6.07) is 0. The molecular formula is C6H7NOS. The summed E-state index contributed by atoms with van der Waals surface area (Å²) in [5.74, 6) is 0. The Bertz CT molecular complexity index is 181. The van der Waals surface area contributed by atoms with Gasteiger partial charge in [-0.15, -0.1) is 11.3 Å². The zero-order valence-electron chi connectivity index (χ0n) is 5.07. The number of methoxy groups -OCH3 is 1. The highest BCUT2D eigenvalue weighted by atomic mass is 32.1. The van der Waals surface area contributed by atoms with E-state index < -0.39 is 0 Å². The maximum atomic E-state index is 4.71. The molecule has 0 saturated carbocycles. The van der Waals surface area contributed by atoms with Gasteiger partial charge in [0.15, 0.2) is 0 Å². The summed E-state index contributed by atoms with van der Waals surface area (Å²) < 4.78 is 4.71. The Kier molecular flexibility index (Phi) is 2.27. The van der Waals surface area contributed by atoms with Crippen LogP contribution in [0.3, 0.4) is 0 Å². The van der Waals surface area contributed by atoms with E-state index in [9.17, 15) is 0 Å². The molecule has 0 aliphatic heterocycles. The van der Waals surface area contributed by atoms with E-state index >= 15 is 0 Å². The highest BCUT2D eigenvalue weighted by Gasteiger charge is 1.83. The van der Waals surface area contributed by atoms with Crippen molar-refractivity contribution in [2.75, 3.05) is 7.11 Å². The SMILES string of the molecule is CO/C=C\c1cncs1. The highest BCUT2D eigenvalue weighted by Crippen LogP contribution is 2.06. The van der Waals surface area contributed by atoms with Crippen LogP contribution in [-0.2, 0) is 4.74 Å². The van der Waals surface area contributed by atoms with Crippen molar-refractivity contribution >= 4 is 17.4 Å². The minimum Gasteiger partial charge on any atom is -0.504 e. The number of rotatable bonds is 2. The standard InChI is InChI=1S/C6H7NOS/c1-8-3-2-6-4-7-5-9-6/h2-5H,1H3/b3-2-. The fourth-order valence-electron chi connectivity index (χ4n) is 0.443. The Morgan fingerprint density at radius 3 is 3.22 bits per heavy atom. The molecule has 0 amide bonds. The van der Waals surface area contributed by atoms with Crippen LogP contribution in [0.1, 0.15) is 4.88 Å². The molecule has 1 heterocycles. The van der Waals surface area contributed by atoms with Crippen LogP contribution in [0, 0.1) is 0 Å². The quantitative estimate of drug-likeness (QED) is 0.585. The minimum absolute atomic E-state index is 1.11. The van der Waals surface area contributed by atoms with Gasteiger partial charge in [-0.3, -0.25) is 4.98 Å². The summed E-state index contributed by atoms with van der Waals surface area (Å²) >= 11 is 1.58. The molecule has 3 heteroatoms. The first-order chi connectivity index (χ1) is 4.43. The van der Waals surface area contributed by atoms with E-state index in [2.05, 4.69) is 4.98 Å². The minimum atomic E-state index is 1.11. The van der Waals surface area contributed by atoms with Crippen LogP contribution in [0.2, 0.25) is 0 Å². The molecule has 0 aliphatic carbocycles. The molecule has 0 N–H and O–H groups in total. The van der Waals surface area contributed by atoms with Gasteiger partial charge in [-0.05, 0) is 6.08 Å². The fraction of sp³-hybridized carbons (Fsp3) is 0.167. The van der Waals surface area contributed by atoms with Gasteiger partial charge in [0.25, 0.3) is 0 Å². The lowest BCUT2D eigenvalue weighted by Gasteiger charge is -1.82. The molecule has 0 aromatic carbocycles. The van der Waals surface area contributed by atoms with Crippen LogP contribution < -0.4 is 0 Å². The molecule has 2 nitrogen and oxygen atoms in total. The third-order valence-corrected chi connectivity index (χ3v) is 1.56. The smallest absolute Gasteiger partial charge is 0.0839 e. The van der Waals surface area contributed by atoms with E-state index in [4.69, 9.17) is 4.74 Å². The second kappa shape index (κ2) is 3.25. The second-order valence-corrected chi connectivity index (χ2v) is 2.36. The van der Waals surface area contributed by atoms with Crippen LogP contribution in [0.25, 0.3) is 6.08 Å². The Hall–Kier alpha value is -0.830. The lowest BCUT2D eigenvalue weighted by Crippen LogP contribution is -1.62. The van der Waals surface area contributed by atoms with E-state index in [1.165, 1.54) is 0 Å². The fourth-order valence-corrected chi connectivity index (χ4v) is 0.942. The van der Waals surface area contributed by atoms with Crippen molar-refractivity contribution in [3.05, 3.63) is 22.8 Å². The van der Waals surface area contributed by atoms with Crippen LogP contribution in [-0.4, -0.2) is 12.1 Å². The third kappa shape index (κ3) is 1.85. The summed E-state index contributed by atoms with van der Waals surface area (Å²) in [7, 11) is 1.62. The maximum Gasteiger partial charge on any atom is 0.0839 e. The zero-order chi connectivity index (χ0) is 6.53. The Labute approximate surface area is 57.8 Å². The predicted molar refractivity (Wildman–Crippen MR) is 38.2 cm³/mol. The zero-order valence-corrected chi connectivity index (χ0v) is 5.89. The molecule has 0 bridgehead atoms. The van der Waals surface area contributed by atoms with Gasteiger partial charge in [-0.25, -0.2) is 0 Å². The monoisotopic (exact) mass is 141 g/mol. The van der Waals surface area contributed by atoms with E-state index in [1.807, 2.05) is 6.08 Å².